The van der Waals surface area contributed by atoms with Crippen molar-refractivity contribution in [1.82, 2.24) is 14.7 Å². The number of aromatic nitrogens is 2. The molecule has 17 heavy (non-hydrogen) atoms. The largest absolute Gasteiger partial charge is 0.394 e. The standard InChI is InChI=1S/C12H19N3O2/c1-8(7-16)15-12-4-5-14(10(3)17)6-11(12)9(2)13-15/h8,16H,4-7H2,1-3H3. The molecule has 0 saturated carbocycles. The molecule has 0 radical (unpaired) electrons. The van der Waals surface area contributed by atoms with Crippen molar-refractivity contribution in [3.05, 3.63) is 17.0 Å². The zero-order valence-corrected chi connectivity index (χ0v) is 10.6. The summed E-state index contributed by atoms with van der Waals surface area (Å²) in [5.74, 6) is 0.109. The first-order valence-corrected chi connectivity index (χ1v) is 5.97. The molecule has 1 amide bonds. The van der Waals surface area contributed by atoms with Gasteiger partial charge in [-0.15, -0.1) is 0 Å². The smallest absolute Gasteiger partial charge is 0.219 e. The highest BCUT2D eigenvalue weighted by Gasteiger charge is 2.25. The summed E-state index contributed by atoms with van der Waals surface area (Å²) in [5.41, 5.74) is 3.28. The van der Waals surface area contributed by atoms with Crippen LogP contribution in [0.2, 0.25) is 0 Å². The van der Waals surface area contributed by atoms with Crippen molar-refractivity contribution in [3.63, 3.8) is 0 Å². The summed E-state index contributed by atoms with van der Waals surface area (Å²) in [7, 11) is 0. The van der Waals surface area contributed by atoms with Crippen LogP contribution >= 0.6 is 0 Å². The van der Waals surface area contributed by atoms with E-state index in [-0.39, 0.29) is 18.6 Å². The van der Waals surface area contributed by atoms with Crippen LogP contribution in [-0.4, -0.2) is 38.8 Å². The average molecular weight is 237 g/mol. The molecule has 1 atom stereocenters. The molecular formula is C12H19N3O2. The highest BCUT2D eigenvalue weighted by Crippen LogP contribution is 2.24. The molecule has 0 bridgehead atoms. The fourth-order valence-corrected chi connectivity index (χ4v) is 2.32. The van der Waals surface area contributed by atoms with Gasteiger partial charge in [-0.1, -0.05) is 0 Å². The van der Waals surface area contributed by atoms with E-state index in [1.807, 2.05) is 23.4 Å². The second-order valence-electron chi connectivity index (χ2n) is 4.68. The monoisotopic (exact) mass is 237 g/mol. The fraction of sp³-hybridized carbons (Fsp3) is 0.667. The van der Waals surface area contributed by atoms with Crippen LogP contribution in [0.3, 0.4) is 0 Å². The quantitative estimate of drug-likeness (QED) is 0.821. The number of amides is 1. The van der Waals surface area contributed by atoms with Crippen molar-refractivity contribution in [2.24, 2.45) is 0 Å². The molecule has 0 aromatic carbocycles. The molecule has 2 heterocycles. The van der Waals surface area contributed by atoms with Gasteiger partial charge in [0.05, 0.1) is 18.3 Å². The van der Waals surface area contributed by atoms with Crippen molar-refractivity contribution in [1.29, 1.82) is 0 Å². The lowest BCUT2D eigenvalue weighted by Crippen LogP contribution is -2.35. The number of rotatable bonds is 2. The lowest BCUT2D eigenvalue weighted by molar-refractivity contribution is -0.129. The Bertz CT molecular complexity index is 439. The molecule has 2 rings (SSSR count). The minimum Gasteiger partial charge on any atom is -0.394 e. The van der Waals surface area contributed by atoms with Gasteiger partial charge in [-0.05, 0) is 13.8 Å². The van der Waals surface area contributed by atoms with E-state index in [0.29, 0.717) is 6.54 Å². The normalized spacial score (nSPS) is 16.8. The van der Waals surface area contributed by atoms with Gasteiger partial charge >= 0.3 is 0 Å². The number of carbonyl (C=O) groups excluding carboxylic acids is 1. The van der Waals surface area contributed by atoms with E-state index in [0.717, 1.165) is 24.2 Å². The van der Waals surface area contributed by atoms with Crippen LogP contribution in [0, 0.1) is 6.92 Å². The SMILES string of the molecule is CC(=O)N1CCc2c(c(C)nn2C(C)CO)C1. The predicted molar refractivity (Wildman–Crippen MR) is 63.6 cm³/mol. The molecule has 1 aromatic rings. The molecule has 1 aromatic heterocycles. The van der Waals surface area contributed by atoms with E-state index < -0.39 is 0 Å². The number of nitrogens with zero attached hydrogens (tertiary/aromatic N) is 3. The summed E-state index contributed by atoms with van der Waals surface area (Å²) in [6.45, 7) is 6.98. The third kappa shape index (κ3) is 2.07. The molecule has 0 aliphatic carbocycles. The van der Waals surface area contributed by atoms with Crippen molar-refractivity contribution >= 4 is 5.91 Å². The van der Waals surface area contributed by atoms with Crippen LogP contribution in [0.4, 0.5) is 0 Å². The van der Waals surface area contributed by atoms with Crippen LogP contribution in [0.1, 0.15) is 36.8 Å². The van der Waals surface area contributed by atoms with Gasteiger partial charge in [0.15, 0.2) is 0 Å². The Morgan fingerprint density at radius 2 is 2.29 bits per heavy atom. The number of hydrogen-bond acceptors (Lipinski definition) is 3. The van der Waals surface area contributed by atoms with Gasteiger partial charge in [-0.2, -0.15) is 5.10 Å². The Kier molecular flexibility index (Phi) is 3.19. The topological polar surface area (TPSA) is 58.4 Å². The molecule has 0 saturated heterocycles. The highest BCUT2D eigenvalue weighted by molar-refractivity contribution is 5.73. The maximum absolute atomic E-state index is 11.4. The van der Waals surface area contributed by atoms with Gasteiger partial charge in [0.1, 0.15) is 0 Å². The third-order valence-electron chi connectivity index (χ3n) is 3.41. The number of aryl methyl sites for hydroxylation is 1. The van der Waals surface area contributed by atoms with Crippen molar-refractivity contribution in [3.8, 4) is 0 Å². The van der Waals surface area contributed by atoms with Gasteiger partial charge in [0.2, 0.25) is 5.91 Å². The van der Waals surface area contributed by atoms with Crippen LogP contribution in [0.15, 0.2) is 0 Å². The molecular weight excluding hydrogens is 218 g/mol. The van der Waals surface area contributed by atoms with Crippen LogP contribution in [-0.2, 0) is 17.8 Å². The summed E-state index contributed by atoms with van der Waals surface area (Å²) >= 11 is 0. The molecule has 1 aliphatic rings. The number of hydrogen-bond donors (Lipinski definition) is 1. The van der Waals surface area contributed by atoms with Gasteiger partial charge in [0.25, 0.3) is 0 Å². The molecule has 1 unspecified atom stereocenters. The Morgan fingerprint density at radius 3 is 2.88 bits per heavy atom. The molecule has 1 N–H and O–H groups in total. The van der Waals surface area contributed by atoms with Gasteiger partial charge in [-0.25, -0.2) is 0 Å². The Hall–Kier alpha value is -1.36. The molecule has 1 aliphatic heterocycles. The van der Waals surface area contributed by atoms with E-state index in [2.05, 4.69) is 5.10 Å². The maximum Gasteiger partial charge on any atom is 0.219 e. The Labute approximate surface area is 101 Å². The fourth-order valence-electron chi connectivity index (χ4n) is 2.32. The third-order valence-corrected chi connectivity index (χ3v) is 3.41. The highest BCUT2D eigenvalue weighted by atomic mass is 16.3. The minimum absolute atomic E-state index is 0.00123. The van der Waals surface area contributed by atoms with Gasteiger partial charge in [0, 0.05) is 37.7 Å². The first-order valence-electron chi connectivity index (χ1n) is 5.97. The number of fused-ring (bicyclic) bond motifs is 1. The molecule has 5 heteroatoms. The van der Waals surface area contributed by atoms with Crippen molar-refractivity contribution < 1.29 is 9.90 Å². The summed E-state index contributed by atoms with van der Waals surface area (Å²) in [5, 5.41) is 13.7. The first kappa shape index (κ1) is 12.1. The zero-order chi connectivity index (χ0) is 12.6. The average Bonchev–Trinajstić information content (AvgIpc) is 2.65. The van der Waals surface area contributed by atoms with E-state index in [4.69, 9.17) is 0 Å². The van der Waals surface area contributed by atoms with Crippen LogP contribution in [0.25, 0.3) is 0 Å². The Balaban J connectivity index is 2.34. The first-order chi connectivity index (χ1) is 8.04. The second-order valence-corrected chi connectivity index (χ2v) is 4.68. The zero-order valence-electron chi connectivity index (χ0n) is 10.6. The summed E-state index contributed by atoms with van der Waals surface area (Å²) in [4.78, 5) is 13.2. The van der Waals surface area contributed by atoms with Crippen LogP contribution in [0.5, 0.6) is 0 Å². The molecule has 5 nitrogen and oxygen atoms in total. The molecule has 94 valence electrons. The van der Waals surface area contributed by atoms with Crippen LogP contribution < -0.4 is 0 Å². The van der Waals surface area contributed by atoms with E-state index in [1.165, 1.54) is 5.69 Å². The van der Waals surface area contributed by atoms with E-state index >= 15 is 0 Å². The van der Waals surface area contributed by atoms with Gasteiger partial charge < -0.3 is 10.0 Å². The number of carbonyl (C=O) groups is 1. The summed E-state index contributed by atoms with van der Waals surface area (Å²) in [6, 6.07) is 0.00123. The van der Waals surface area contributed by atoms with E-state index in [9.17, 15) is 9.90 Å². The second kappa shape index (κ2) is 4.49. The summed E-state index contributed by atoms with van der Waals surface area (Å²) in [6.07, 6.45) is 0.820. The van der Waals surface area contributed by atoms with Crippen molar-refractivity contribution in [2.75, 3.05) is 13.2 Å². The van der Waals surface area contributed by atoms with E-state index in [1.54, 1.807) is 6.92 Å². The lowest BCUT2D eigenvalue weighted by atomic mass is 10.1. The summed E-state index contributed by atoms with van der Waals surface area (Å²) < 4.78 is 1.90. The molecule has 0 fully saturated rings. The Morgan fingerprint density at radius 1 is 1.59 bits per heavy atom. The molecule has 0 spiro atoms. The van der Waals surface area contributed by atoms with Crippen molar-refractivity contribution in [2.45, 2.75) is 39.8 Å². The predicted octanol–water partition coefficient (Wildman–Crippen LogP) is 0.649. The van der Waals surface area contributed by atoms with Gasteiger partial charge in [-0.3, -0.25) is 9.48 Å². The number of aliphatic hydroxyl groups excluding tert-OH is 1. The number of aliphatic hydroxyl groups is 1. The lowest BCUT2D eigenvalue weighted by Gasteiger charge is -2.27. The minimum atomic E-state index is 0.00123. The maximum atomic E-state index is 11.4.